The van der Waals surface area contributed by atoms with Gasteiger partial charge in [0.05, 0.1) is 17.2 Å². The number of benzene rings is 2. The summed E-state index contributed by atoms with van der Waals surface area (Å²) in [5.74, 6) is -1.65. The highest BCUT2D eigenvalue weighted by Crippen LogP contribution is 2.44. The molecule has 1 aliphatic rings. The minimum absolute atomic E-state index is 0.0529. The van der Waals surface area contributed by atoms with Gasteiger partial charge in [-0.25, -0.2) is 9.78 Å². The molecule has 1 heterocycles. The van der Waals surface area contributed by atoms with Crippen molar-refractivity contribution in [1.82, 2.24) is 15.6 Å². The summed E-state index contributed by atoms with van der Waals surface area (Å²) < 4.78 is 5.52. The van der Waals surface area contributed by atoms with Crippen molar-refractivity contribution in [2.75, 3.05) is 6.61 Å². The maximum atomic E-state index is 12.7. The van der Waals surface area contributed by atoms with E-state index in [0.717, 1.165) is 39.4 Å². The summed E-state index contributed by atoms with van der Waals surface area (Å²) in [6.45, 7) is 2.30. The van der Waals surface area contributed by atoms with Gasteiger partial charge in [-0.2, -0.15) is 0 Å². The zero-order valence-electron chi connectivity index (χ0n) is 19.3. The maximum Gasteiger partial charge on any atom is 0.407 e. The van der Waals surface area contributed by atoms with Crippen molar-refractivity contribution in [3.05, 3.63) is 75.7 Å². The number of thiazole rings is 1. The predicted molar refractivity (Wildman–Crippen MR) is 132 cm³/mol. The van der Waals surface area contributed by atoms with E-state index in [0.29, 0.717) is 0 Å². The number of alkyl carbamates (subject to hydrolysis) is 1. The number of nitrogens with zero attached hydrogens (tertiary/aromatic N) is 1. The first-order chi connectivity index (χ1) is 17.0. The monoisotopic (exact) mass is 493 g/mol. The van der Waals surface area contributed by atoms with Gasteiger partial charge in [0.25, 0.3) is 0 Å². The van der Waals surface area contributed by atoms with Gasteiger partial charge in [-0.3, -0.25) is 9.59 Å². The van der Waals surface area contributed by atoms with Crippen LogP contribution in [0.1, 0.15) is 47.5 Å². The summed E-state index contributed by atoms with van der Waals surface area (Å²) >= 11 is 1.51. The highest BCUT2D eigenvalue weighted by molar-refractivity contribution is 7.09. The third-order valence-corrected chi connectivity index (χ3v) is 6.99. The lowest BCUT2D eigenvalue weighted by Gasteiger charge is -2.19. The van der Waals surface area contributed by atoms with E-state index in [4.69, 9.17) is 9.84 Å². The third-order valence-electron chi connectivity index (χ3n) is 5.94. The normalized spacial score (nSPS) is 12.9. The summed E-state index contributed by atoms with van der Waals surface area (Å²) in [6.07, 6.45) is -0.274. The van der Waals surface area contributed by atoms with Gasteiger partial charge < -0.3 is 20.5 Å². The van der Waals surface area contributed by atoms with Gasteiger partial charge in [-0.15, -0.1) is 11.3 Å². The van der Waals surface area contributed by atoms with Gasteiger partial charge in [-0.1, -0.05) is 55.5 Å². The molecular formula is C26H27N3O5S. The summed E-state index contributed by atoms with van der Waals surface area (Å²) in [5.41, 5.74) is 5.11. The molecule has 0 bridgehead atoms. The fraction of sp³-hybridized carbons (Fsp3) is 0.308. The van der Waals surface area contributed by atoms with Crippen LogP contribution < -0.4 is 10.6 Å². The Labute approximate surface area is 207 Å². The van der Waals surface area contributed by atoms with Crippen LogP contribution in [0, 0.1) is 0 Å². The number of fused-ring (bicyclic) bond motifs is 3. The Hall–Kier alpha value is -3.72. The number of rotatable bonds is 10. The Morgan fingerprint density at radius 2 is 1.74 bits per heavy atom. The smallest absolute Gasteiger partial charge is 0.407 e. The number of ether oxygens (including phenoxy) is 1. The molecule has 1 atom stereocenters. The SMILES string of the molecule is CCc1nc(CNC(=O)C(CCC(=O)O)NC(=O)OCC2c3ccccc3-c3ccccc32)cs1. The number of amides is 2. The Morgan fingerprint density at radius 3 is 2.34 bits per heavy atom. The van der Waals surface area contributed by atoms with Crippen molar-refractivity contribution in [2.45, 2.75) is 44.7 Å². The van der Waals surface area contributed by atoms with Crippen LogP contribution >= 0.6 is 11.3 Å². The lowest BCUT2D eigenvalue weighted by molar-refractivity contribution is -0.137. The van der Waals surface area contributed by atoms with Crippen LogP contribution in [0.3, 0.4) is 0 Å². The topological polar surface area (TPSA) is 118 Å². The average Bonchev–Trinajstić information content (AvgIpc) is 3.46. The van der Waals surface area contributed by atoms with E-state index in [1.807, 2.05) is 60.8 Å². The van der Waals surface area contributed by atoms with Crippen molar-refractivity contribution >= 4 is 29.3 Å². The molecule has 0 radical (unpaired) electrons. The van der Waals surface area contributed by atoms with E-state index >= 15 is 0 Å². The zero-order chi connectivity index (χ0) is 24.8. The molecule has 182 valence electrons. The molecule has 0 saturated carbocycles. The minimum atomic E-state index is -1.05. The van der Waals surface area contributed by atoms with Gasteiger partial charge in [0.2, 0.25) is 5.91 Å². The Balaban J connectivity index is 1.38. The van der Waals surface area contributed by atoms with Gasteiger partial charge >= 0.3 is 12.1 Å². The number of carbonyl (C=O) groups is 3. The number of hydrogen-bond acceptors (Lipinski definition) is 6. The van der Waals surface area contributed by atoms with Crippen LogP contribution in [0.15, 0.2) is 53.9 Å². The standard InChI is InChI=1S/C26H27N3O5S/c1-2-23-28-16(15-35-23)13-27-25(32)22(11-12-24(30)31)29-26(33)34-14-21-19-9-5-3-7-17(19)18-8-4-6-10-20(18)21/h3-10,15,21-22H,2,11-14H2,1H3,(H,27,32)(H,29,33)(H,30,31). The molecule has 2 amide bonds. The number of carbonyl (C=O) groups excluding carboxylic acids is 2. The molecule has 9 heteroatoms. The van der Waals surface area contributed by atoms with E-state index in [1.165, 1.54) is 11.3 Å². The average molecular weight is 494 g/mol. The summed E-state index contributed by atoms with van der Waals surface area (Å²) in [6, 6.07) is 15.0. The number of nitrogens with one attached hydrogen (secondary N) is 2. The lowest BCUT2D eigenvalue weighted by Crippen LogP contribution is -2.47. The molecule has 8 nitrogen and oxygen atoms in total. The van der Waals surface area contributed by atoms with Crippen LogP contribution in [-0.2, 0) is 27.3 Å². The molecule has 1 aliphatic carbocycles. The summed E-state index contributed by atoms with van der Waals surface area (Å²) in [7, 11) is 0. The highest BCUT2D eigenvalue weighted by atomic mass is 32.1. The number of aromatic nitrogens is 1. The Morgan fingerprint density at radius 1 is 1.09 bits per heavy atom. The zero-order valence-corrected chi connectivity index (χ0v) is 20.1. The molecule has 1 unspecified atom stereocenters. The number of aryl methyl sites for hydroxylation is 1. The molecule has 3 aromatic rings. The molecule has 0 aliphatic heterocycles. The van der Waals surface area contributed by atoms with Crippen molar-refractivity contribution in [1.29, 1.82) is 0 Å². The summed E-state index contributed by atoms with van der Waals surface area (Å²) in [5, 5.41) is 17.2. The fourth-order valence-electron chi connectivity index (χ4n) is 4.21. The lowest BCUT2D eigenvalue weighted by atomic mass is 9.98. The summed E-state index contributed by atoms with van der Waals surface area (Å²) in [4.78, 5) is 40.8. The third kappa shape index (κ3) is 5.86. The van der Waals surface area contributed by atoms with Crippen molar-refractivity contribution < 1.29 is 24.2 Å². The highest BCUT2D eigenvalue weighted by Gasteiger charge is 2.30. The van der Waals surface area contributed by atoms with Crippen molar-refractivity contribution in [3.8, 4) is 11.1 Å². The number of hydrogen-bond donors (Lipinski definition) is 3. The molecule has 3 N–H and O–H groups in total. The van der Waals surface area contributed by atoms with Crippen molar-refractivity contribution in [3.63, 3.8) is 0 Å². The molecule has 1 aromatic heterocycles. The van der Waals surface area contributed by atoms with E-state index in [2.05, 4.69) is 15.6 Å². The van der Waals surface area contributed by atoms with Crippen LogP contribution in [-0.4, -0.2) is 40.7 Å². The first-order valence-corrected chi connectivity index (χ1v) is 12.4. The van der Waals surface area contributed by atoms with E-state index in [-0.39, 0.29) is 31.9 Å². The van der Waals surface area contributed by atoms with E-state index in [1.54, 1.807) is 0 Å². The quantitative estimate of drug-likeness (QED) is 0.392. The van der Waals surface area contributed by atoms with Crippen LogP contribution in [0.25, 0.3) is 11.1 Å². The van der Waals surface area contributed by atoms with Gasteiger partial charge in [0.1, 0.15) is 12.6 Å². The largest absolute Gasteiger partial charge is 0.481 e. The van der Waals surface area contributed by atoms with Crippen LogP contribution in [0.4, 0.5) is 4.79 Å². The fourth-order valence-corrected chi connectivity index (χ4v) is 4.96. The molecule has 0 saturated heterocycles. The Kier molecular flexibility index (Phi) is 7.77. The molecule has 0 spiro atoms. The predicted octanol–water partition coefficient (Wildman–Crippen LogP) is 4.09. The molecule has 2 aromatic carbocycles. The second-order valence-electron chi connectivity index (χ2n) is 8.26. The minimum Gasteiger partial charge on any atom is -0.481 e. The van der Waals surface area contributed by atoms with Gasteiger partial charge in [0, 0.05) is 17.7 Å². The Bertz CT molecular complexity index is 1180. The van der Waals surface area contributed by atoms with Gasteiger partial charge in [0.15, 0.2) is 0 Å². The second-order valence-corrected chi connectivity index (χ2v) is 9.20. The van der Waals surface area contributed by atoms with Crippen molar-refractivity contribution in [2.24, 2.45) is 0 Å². The number of carboxylic acid groups (broad SMARTS) is 1. The van der Waals surface area contributed by atoms with Gasteiger partial charge in [-0.05, 0) is 35.1 Å². The first kappa shape index (κ1) is 24.4. The van der Waals surface area contributed by atoms with Crippen LogP contribution in [0.2, 0.25) is 0 Å². The molecule has 4 rings (SSSR count). The number of carboxylic acids is 1. The molecular weight excluding hydrogens is 466 g/mol. The first-order valence-electron chi connectivity index (χ1n) is 11.5. The molecule has 0 fully saturated rings. The van der Waals surface area contributed by atoms with E-state index in [9.17, 15) is 14.4 Å². The molecule has 35 heavy (non-hydrogen) atoms. The maximum absolute atomic E-state index is 12.7. The number of aliphatic carboxylic acids is 1. The second kappa shape index (κ2) is 11.1. The van der Waals surface area contributed by atoms with E-state index < -0.39 is 24.0 Å². The van der Waals surface area contributed by atoms with Crippen LogP contribution in [0.5, 0.6) is 0 Å².